The molecular formula is C17H21N5O. The van der Waals surface area contributed by atoms with E-state index in [1.54, 1.807) is 0 Å². The molecule has 4 heterocycles. The number of aromatic nitrogens is 4. The van der Waals surface area contributed by atoms with Crippen molar-refractivity contribution < 1.29 is 4.74 Å². The largest absolute Gasteiger partial charge is 0.372 e. The zero-order chi connectivity index (χ0) is 15.6. The third-order valence-electron chi connectivity index (χ3n) is 4.44. The highest BCUT2D eigenvalue weighted by Crippen LogP contribution is 2.28. The first-order valence-electron chi connectivity index (χ1n) is 8.06. The van der Waals surface area contributed by atoms with Gasteiger partial charge in [-0.25, -0.2) is 4.52 Å². The molecule has 2 atom stereocenters. The van der Waals surface area contributed by atoms with Gasteiger partial charge in [0.2, 0.25) is 0 Å². The second-order valence-electron chi connectivity index (χ2n) is 6.07. The van der Waals surface area contributed by atoms with E-state index in [1.165, 1.54) is 5.56 Å². The summed E-state index contributed by atoms with van der Waals surface area (Å²) < 4.78 is 9.75. The van der Waals surface area contributed by atoms with Crippen LogP contribution >= 0.6 is 0 Å². The maximum Gasteiger partial charge on any atom is 0.101 e. The van der Waals surface area contributed by atoms with Crippen LogP contribution < -0.4 is 5.32 Å². The molecular weight excluding hydrogens is 290 g/mol. The standard InChI is InChI=1S/C17H21N5O/c1-21-12-14(11-19-21)17-15(5-4-8-23-17)18-9-13-10-20-22-7-3-2-6-16(13)22/h2-3,6-7,10-12,15,17-18H,4-5,8-9H2,1H3/t15-,17+/m0/s1. The SMILES string of the molecule is Cn1cc([C@H]2OCCC[C@@H]2NCc2cnn3ccccc23)cn1. The summed E-state index contributed by atoms with van der Waals surface area (Å²) in [6.45, 7) is 1.60. The van der Waals surface area contributed by atoms with Gasteiger partial charge in [0.15, 0.2) is 0 Å². The van der Waals surface area contributed by atoms with E-state index in [4.69, 9.17) is 4.74 Å². The summed E-state index contributed by atoms with van der Waals surface area (Å²) in [6, 6.07) is 6.43. The van der Waals surface area contributed by atoms with Crippen molar-refractivity contribution in [2.24, 2.45) is 7.05 Å². The van der Waals surface area contributed by atoms with Gasteiger partial charge in [0.05, 0.1) is 17.9 Å². The first-order valence-corrected chi connectivity index (χ1v) is 8.06. The normalized spacial score (nSPS) is 21.8. The lowest BCUT2D eigenvalue weighted by molar-refractivity contribution is -0.0112. The van der Waals surface area contributed by atoms with Crippen molar-refractivity contribution in [3.05, 3.63) is 54.1 Å². The molecule has 1 fully saturated rings. The van der Waals surface area contributed by atoms with Crippen LogP contribution in [0, 0.1) is 0 Å². The summed E-state index contributed by atoms with van der Waals surface area (Å²) in [4.78, 5) is 0. The number of hydrogen-bond donors (Lipinski definition) is 1. The van der Waals surface area contributed by atoms with Crippen molar-refractivity contribution in [1.82, 2.24) is 24.7 Å². The molecule has 0 aromatic carbocycles. The lowest BCUT2D eigenvalue weighted by atomic mass is 9.98. The zero-order valence-electron chi connectivity index (χ0n) is 13.2. The maximum atomic E-state index is 6.01. The number of rotatable bonds is 4. The fraction of sp³-hybridized carbons (Fsp3) is 0.412. The molecule has 0 amide bonds. The topological polar surface area (TPSA) is 56.4 Å². The molecule has 1 aliphatic heterocycles. The van der Waals surface area contributed by atoms with Crippen LogP contribution in [0.5, 0.6) is 0 Å². The van der Waals surface area contributed by atoms with Crippen LogP contribution in [-0.4, -0.2) is 32.0 Å². The minimum atomic E-state index is 0.0688. The zero-order valence-corrected chi connectivity index (χ0v) is 13.2. The van der Waals surface area contributed by atoms with Gasteiger partial charge in [-0.2, -0.15) is 10.2 Å². The van der Waals surface area contributed by atoms with Gasteiger partial charge in [-0.3, -0.25) is 4.68 Å². The van der Waals surface area contributed by atoms with Crippen LogP contribution in [0.4, 0.5) is 0 Å². The van der Waals surface area contributed by atoms with Gasteiger partial charge < -0.3 is 10.1 Å². The Morgan fingerprint density at radius 3 is 3.13 bits per heavy atom. The van der Waals surface area contributed by atoms with Crippen molar-refractivity contribution in [2.45, 2.75) is 31.5 Å². The van der Waals surface area contributed by atoms with Crippen molar-refractivity contribution >= 4 is 5.52 Å². The number of nitrogens with zero attached hydrogens (tertiary/aromatic N) is 4. The Morgan fingerprint density at radius 1 is 1.30 bits per heavy atom. The lowest BCUT2D eigenvalue weighted by Gasteiger charge is -2.32. The van der Waals surface area contributed by atoms with Crippen LogP contribution in [0.25, 0.3) is 5.52 Å². The van der Waals surface area contributed by atoms with Gasteiger partial charge in [-0.1, -0.05) is 6.07 Å². The number of fused-ring (bicyclic) bond motifs is 1. The smallest absolute Gasteiger partial charge is 0.101 e. The average Bonchev–Trinajstić information content (AvgIpc) is 3.19. The molecule has 6 heteroatoms. The highest BCUT2D eigenvalue weighted by Gasteiger charge is 2.28. The predicted octanol–water partition coefficient (Wildman–Crippen LogP) is 2.08. The van der Waals surface area contributed by atoms with Gasteiger partial charge in [0, 0.05) is 49.8 Å². The average molecular weight is 311 g/mol. The van der Waals surface area contributed by atoms with Crippen molar-refractivity contribution in [3.63, 3.8) is 0 Å². The number of hydrogen-bond acceptors (Lipinski definition) is 4. The van der Waals surface area contributed by atoms with E-state index in [2.05, 4.69) is 21.6 Å². The Hall–Kier alpha value is -2.18. The monoisotopic (exact) mass is 311 g/mol. The van der Waals surface area contributed by atoms with Gasteiger partial charge in [-0.15, -0.1) is 0 Å². The van der Waals surface area contributed by atoms with Gasteiger partial charge in [0.1, 0.15) is 6.10 Å². The number of pyridine rings is 1. The van der Waals surface area contributed by atoms with Crippen molar-refractivity contribution in [2.75, 3.05) is 6.61 Å². The van der Waals surface area contributed by atoms with E-state index in [0.717, 1.165) is 37.1 Å². The third kappa shape index (κ3) is 2.87. The summed E-state index contributed by atoms with van der Waals surface area (Å²) in [5, 5.41) is 12.3. The number of nitrogens with one attached hydrogen (secondary N) is 1. The molecule has 0 radical (unpaired) electrons. The van der Waals surface area contributed by atoms with Crippen LogP contribution in [0.1, 0.15) is 30.1 Å². The number of ether oxygens (including phenoxy) is 1. The molecule has 0 spiro atoms. The second kappa shape index (κ2) is 6.14. The van der Waals surface area contributed by atoms with E-state index in [0.29, 0.717) is 6.04 Å². The van der Waals surface area contributed by atoms with Crippen LogP contribution in [-0.2, 0) is 18.3 Å². The Balaban J connectivity index is 1.50. The van der Waals surface area contributed by atoms with Gasteiger partial charge in [-0.05, 0) is 25.0 Å². The predicted molar refractivity (Wildman–Crippen MR) is 87.0 cm³/mol. The molecule has 0 unspecified atom stereocenters. The van der Waals surface area contributed by atoms with E-state index < -0.39 is 0 Å². The minimum absolute atomic E-state index is 0.0688. The van der Waals surface area contributed by atoms with Crippen LogP contribution in [0.2, 0.25) is 0 Å². The van der Waals surface area contributed by atoms with E-state index in [9.17, 15) is 0 Å². The third-order valence-corrected chi connectivity index (χ3v) is 4.44. The highest BCUT2D eigenvalue weighted by molar-refractivity contribution is 5.53. The fourth-order valence-electron chi connectivity index (χ4n) is 3.27. The first-order chi connectivity index (χ1) is 11.3. The molecule has 1 saturated heterocycles. The van der Waals surface area contributed by atoms with Crippen molar-refractivity contribution in [1.29, 1.82) is 0 Å². The molecule has 4 rings (SSSR count). The molecule has 3 aromatic heterocycles. The molecule has 6 nitrogen and oxygen atoms in total. The number of aryl methyl sites for hydroxylation is 1. The Bertz CT molecular complexity index is 793. The van der Waals surface area contributed by atoms with E-state index >= 15 is 0 Å². The molecule has 3 aromatic rings. The fourth-order valence-corrected chi connectivity index (χ4v) is 3.27. The second-order valence-corrected chi connectivity index (χ2v) is 6.07. The minimum Gasteiger partial charge on any atom is -0.372 e. The highest BCUT2D eigenvalue weighted by atomic mass is 16.5. The van der Waals surface area contributed by atoms with Crippen LogP contribution in [0.15, 0.2) is 43.0 Å². The van der Waals surface area contributed by atoms with E-state index in [1.807, 2.05) is 53.2 Å². The quantitative estimate of drug-likeness (QED) is 0.801. The van der Waals surface area contributed by atoms with Gasteiger partial charge >= 0.3 is 0 Å². The summed E-state index contributed by atoms with van der Waals surface area (Å²) in [5.74, 6) is 0. The summed E-state index contributed by atoms with van der Waals surface area (Å²) in [6.07, 6.45) is 10.1. The molecule has 120 valence electrons. The molecule has 0 bridgehead atoms. The lowest BCUT2D eigenvalue weighted by Crippen LogP contribution is -2.39. The summed E-state index contributed by atoms with van der Waals surface area (Å²) in [7, 11) is 1.94. The molecule has 1 aliphatic rings. The van der Waals surface area contributed by atoms with Gasteiger partial charge in [0.25, 0.3) is 0 Å². The Morgan fingerprint density at radius 2 is 2.26 bits per heavy atom. The Labute approximate surface area is 135 Å². The molecule has 23 heavy (non-hydrogen) atoms. The molecule has 0 aliphatic carbocycles. The summed E-state index contributed by atoms with van der Waals surface area (Å²) >= 11 is 0. The summed E-state index contributed by atoms with van der Waals surface area (Å²) in [5.41, 5.74) is 3.50. The molecule has 0 saturated carbocycles. The maximum absolute atomic E-state index is 6.01. The van der Waals surface area contributed by atoms with Crippen LogP contribution in [0.3, 0.4) is 0 Å². The first kappa shape index (κ1) is 14.4. The Kier molecular flexibility index (Phi) is 3.85. The van der Waals surface area contributed by atoms with Crippen molar-refractivity contribution in [3.8, 4) is 0 Å². The molecule has 1 N–H and O–H groups in total. The van der Waals surface area contributed by atoms with E-state index in [-0.39, 0.29) is 6.10 Å².